The summed E-state index contributed by atoms with van der Waals surface area (Å²) in [4.78, 5) is 17.5. The molecule has 2 aromatic rings. The second-order valence-electron chi connectivity index (χ2n) is 6.67. The number of nitriles is 1. The van der Waals surface area contributed by atoms with E-state index in [9.17, 15) is 10.1 Å². The van der Waals surface area contributed by atoms with Gasteiger partial charge in [-0.05, 0) is 18.1 Å². The number of likely N-dealkylation sites (N-methyl/N-ethyl adjacent to an activating group) is 1. The molecule has 0 saturated carbocycles. The standard InChI is InChI=1S/C23H22N4O/c1-17-20(13-24)23(28)27(2)22(26-15-19-11-7-4-8-12-19)21(17)16-25-14-18-9-5-3-6-10-18/h3-12,16,25H,14-15H2,1-2H3/p+2/b21-16+,26-22?. The molecule has 0 unspecified atom stereocenters. The van der Waals surface area contributed by atoms with Crippen LogP contribution < -0.4 is 10.3 Å². The van der Waals surface area contributed by atoms with Crippen molar-refractivity contribution in [2.75, 3.05) is 7.05 Å². The Hall–Kier alpha value is -3.49. The molecule has 5 heteroatoms. The molecular formula is C23H24N4O+2. The number of rotatable bonds is 5. The first-order chi connectivity index (χ1) is 13.6. The number of nitrogens with two attached hydrogens (primary N) is 1. The number of amides is 1. The first-order valence-electron chi connectivity index (χ1n) is 9.23. The molecule has 0 bridgehead atoms. The smallest absolute Gasteiger partial charge is 0.315 e. The van der Waals surface area contributed by atoms with Crippen molar-refractivity contribution in [3.8, 4) is 6.07 Å². The van der Waals surface area contributed by atoms with Crippen molar-refractivity contribution in [3.05, 3.63) is 94.7 Å². The van der Waals surface area contributed by atoms with E-state index in [1.54, 1.807) is 7.05 Å². The van der Waals surface area contributed by atoms with Crippen molar-refractivity contribution in [2.45, 2.75) is 20.0 Å². The molecule has 5 nitrogen and oxygen atoms in total. The first kappa shape index (κ1) is 19.3. The fraction of sp³-hybridized carbons (Fsp3) is 0.174. The average Bonchev–Trinajstić information content (AvgIpc) is 2.73. The van der Waals surface area contributed by atoms with Gasteiger partial charge in [-0.25, -0.2) is 4.79 Å². The third kappa shape index (κ3) is 4.25. The summed E-state index contributed by atoms with van der Waals surface area (Å²) in [5.41, 5.74) is 4.08. The van der Waals surface area contributed by atoms with Crippen LogP contribution in [0.4, 0.5) is 0 Å². The van der Waals surface area contributed by atoms with E-state index in [2.05, 4.69) is 28.5 Å². The summed E-state index contributed by atoms with van der Waals surface area (Å²) in [5, 5.41) is 11.5. The van der Waals surface area contributed by atoms with Crippen LogP contribution in [0.1, 0.15) is 18.1 Å². The number of quaternary nitrogens is 1. The van der Waals surface area contributed by atoms with Gasteiger partial charge in [-0.3, -0.25) is 4.99 Å². The van der Waals surface area contributed by atoms with E-state index in [4.69, 9.17) is 0 Å². The summed E-state index contributed by atoms with van der Waals surface area (Å²) < 4.78 is 0. The zero-order valence-electron chi connectivity index (χ0n) is 16.1. The number of carbonyl (C=O) groups is 1. The van der Waals surface area contributed by atoms with E-state index in [0.29, 0.717) is 12.1 Å². The van der Waals surface area contributed by atoms with Crippen LogP contribution in [0.5, 0.6) is 0 Å². The molecule has 28 heavy (non-hydrogen) atoms. The van der Waals surface area contributed by atoms with E-state index in [-0.39, 0.29) is 11.5 Å². The zero-order valence-corrected chi connectivity index (χ0v) is 16.1. The van der Waals surface area contributed by atoms with Crippen LogP contribution in [0, 0.1) is 11.3 Å². The van der Waals surface area contributed by atoms with Crippen molar-refractivity contribution in [3.63, 3.8) is 0 Å². The summed E-state index contributed by atoms with van der Waals surface area (Å²) in [6, 6.07) is 22.3. The number of amidine groups is 1. The second-order valence-corrected chi connectivity index (χ2v) is 6.67. The van der Waals surface area contributed by atoms with Gasteiger partial charge in [-0.2, -0.15) is 10.2 Å². The molecule has 0 saturated heterocycles. The van der Waals surface area contributed by atoms with Crippen LogP contribution in [0.3, 0.4) is 0 Å². The van der Waals surface area contributed by atoms with Gasteiger partial charge in [0, 0.05) is 5.56 Å². The van der Waals surface area contributed by atoms with Gasteiger partial charge in [-0.15, -0.1) is 0 Å². The quantitative estimate of drug-likeness (QED) is 0.808. The summed E-state index contributed by atoms with van der Waals surface area (Å²) in [6.07, 6.45) is 2.00. The van der Waals surface area contributed by atoms with Crippen molar-refractivity contribution in [1.29, 1.82) is 5.26 Å². The normalized spacial score (nSPS) is 17.3. The highest BCUT2D eigenvalue weighted by Crippen LogP contribution is 2.22. The lowest BCUT2D eigenvalue weighted by atomic mass is 9.96. The Morgan fingerprint density at radius 1 is 1.07 bits per heavy atom. The predicted octanol–water partition coefficient (Wildman–Crippen LogP) is 0.625. The van der Waals surface area contributed by atoms with Crippen LogP contribution in [0.2, 0.25) is 0 Å². The molecule has 3 N–H and O–H groups in total. The van der Waals surface area contributed by atoms with Gasteiger partial charge in [-0.1, -0.05) is 60.7 Å². The minimum atomic E-state index is -0.282. The van der Waals surface area contributed by atoms with Crippen LogP contribution in [0.25, 0.3) is 0 Å². The van der Waals surface area contributed by atoms with E-state index >= 15 is 0 Å². The van der Waals surface area contributed by atoms with Gasteiger partial charge in [0.15, 0.2) is 0 Å². The number of hydrogen-bond acceptors (Lipinski definition) is 2. The highest BCUT2D eigenvalue weighted by Gasteiger charge is 2.38. The maximum absolute atomic E-state index is 12.6. The predicted molar refractivity (Wildman–Crippen MR) is 107 cm³/mol. The molecule has 0 spiro atoms. The number of hydrogen-bond donors (Lipinski definition) is 2. The largest absolute Gasteiger partial charge is 0.351 e. The minimum Gasteiger partial charge on any atom is -0.315 e. The monoisotopic (exact) mass is 372 g/mol. The summed E-state index contributed by atoms with van der Waals surface area (Å²) >= 11 is 0. The molecule has 1 aliphatic rings. The molecule has 0 radical (unpaired) electrons. The van der Waals surface area contributed by atoms with Gasteiger partial charge in [0.05, 0.1) is 7.05 Å². The lowest BCUT2D eigenvalue weighted by Crippen LogP contribution is -2.79. The molecule has 0 aromatic heterocycles. The van der Waals surface area contributed by atoms with Crippen LogP contribution in [-0.4, -0.2) is 23.7 Å². The lowest BCUT2D eigenvalue weighted by molar-refractivity contribution is -0.605. The fourth-order valence-electron chi connectivity index (χ4n) is 3.18. The Morgan fingerprint density at radius 3 is 2.29 bits per heavy atom. The number of nitrogens with one attached hydrogen (secondary N) is 1. The molecule has 0 atom stereocenters. The SMILES string of the molecule is CC1=C(C#N)C(=O)N(C)C(=[NH+]Cc2ccccc2)/C1=C/[NH2+]Cc1ccccc1. The molecule has 1 heterocycles. The molecule has 3 rings (SSSR count). The van der Waals surface area contributed by atoms with Gasteiger partial charge in [0.1, 0.15) is 36.5 Å². The highest BCUT2D eigenvalue weighted by atomic mass is 16.2. The average molecular weight is 372 g/mol. The van der Waals surface area contributed by atoms with Crippen LogP contribution >= 0.6 is 0 Å². The van der Waals surface area contributed by atoms with Gasteiger partial charge >= 0.3 is 5.91 Å². The summed E-state index contributed by atoms with van der Waals surface area (Å²) in [5.74, 6) is 0.436. The molecule has 140 valence electrons. The molecule has 1 aliphatic heterocycles. The Morgan fingerprint density at radius 2 is 1.68 bits per heavy atom. The van der Waals surface area contributed by atoms with Crippen LogP contribution in [-0.2, 0) is 17.9 Å². The molecule has 0 aliphatic carbocycles. The number of nitrogens with zero attached hydrogens (tertiary/aromatic N) is 2. The first-order valence-corrected chi connectivity index (χ1v) is 9.23. The van der Waals surface area contributed by atoms with Crippen molar-refractivity contribution >= 4 is 11.7 Å². The van der Waals surface area contributed by atoms with Gasteiger partial charge in [0.25, 0.3) is 5.84 Å². The fourth-order valence-corrected chi connectivity index (χ4v) is 3.18. The van der Waals surface area contributed by atoms with E-state index in [1.165, 1.54) is 10.5 Å². The van der Waals surface area contributed by atoms with E-state index < -0.39 is 0 Å². The maximum atomic E-state index is 12.6. The van der Waals surface area contributed by atoms with Gasteiger partial charge in [0.2, 0.25) is 0 Å². The van der Waals surface area contributed by atoms with E-state index in [0.717, 1.165) is 23.5 Å². The molecule has 0 fully saturated rings. The summed E-state index contributed by atoms with van der Waals surface area (Å²) in [7, 11) is 1.70. The molecule has 2 aromatic carbocycles. The summed E-state index contributed by atoms with van der Waals surface area (Å²) in [6.45, 7) is 3.21. The Bertz CT molecular complexity index is 982. The third-order valence-electron chi connectivity index (χ3n) is 4.78. The minimum absolute atomic E-state index is 0.187. The number of carbonyl (C=O) groups excluding carboxylic acids is 1. The highest BCUT2D eigenvalue weighted by molar-refractivity contribution is 6.17. The Kier molecular flexibility index (Phi) is 6.15. The number of benzene rings is 2. The van der Waals surface area contributed by atoms with E-state index in [1.807, 2.05) is 61.7 Å². The lowest BCUT2D eigenvalue weighted by Gasteiger charge is -2.20. The van der Waals surface area contributed by atoms with Crippen molar-refractivity contribution in [1.82, 2.24) is 4.90 Å². The molecule has 1 amide bonds. The zero-order chi connectivity index (χ0) is 19.9. The topological polar surface area (TPSA) is 74.7 Å². The van der Waals surface area contributed by atoms with Crippen LogP contribution in [0.15, 0.2) is 83.6 Å². The second kappa shape index (κ2) is 8.94. The van der Waals surface area contributed by atoms with Crippen molar-refractivity contribution in [2.24, 2.45) is 0 Å². The van der Waals surface area contributed by atoms with Crippen molar-refractivity contribution < 1.29 is 15.1 Å². The molecular weight excluding hydrogens is 348 g/mol. The Labute approximate surface area is 165 Å². The Balaban J connectivity index is 1.92. The van der Waals surface area contributed by atoms with Gasteiger partial charge < -0.3 is 5.32 Å². The maximum Gasteiger partial charge on any atom is 0.351 e. The third-order valence-corrected chi connectivity index (χ3v) is 4.78.